The molecule has 0 aromatic heterocycles. The van der Waals surface area contributed by atoms with E-state index in [0.29, 0.717) is 0 Å². The number of carbonyl (C=O) groups is 2. The lowest BCUT2D eigenvalue weighted by Crippen LogP contribution is -2.88. The summed E-state index contributed by atoms with van der Waals surface area (Å²) in [6, 6.07) is 26.0. The lowest BCUT2D eigenvalue weighted by Gasteiger charge is -2.23. The number of hydrogen-bond donors (Lipinski definition) is 3. The summed E-state index contributed by atoms with van der Waals surface area (Å²) in [5.74, 6) is -0.438. The molecule has 28 heavy (non-hydrogen) atoms. The zero-order valence-corrected chi connectivity index (χ0v) is 15.7. The zero-order valence-electron chi connectivity index (χ0n) is 15.7. The second-order valence-corrected chi connectivity index (χ2v) is 6.73. The van der Waals surface area contributed by atoms with Gasteiger partial charge in [-0.1, -0.05) is 90.5 Å². The summed E-state index contributed by atoms with van der Waals surface area (Å²) in [7, 11) is 0. The molecule has 0 heterocycles. The second kappa shape index (κ2) is 8.97. The van der Waals surface area contributed by atoms with Gasteiger partial charge in [-0.15, -0.1) is 0 Å². The predicted octanol–water partition coefficient (Wildman–Crippen LogP) is 2.58. The summed E-state index contributed by atoms with van der Waals surface area (Å²) in [5.41, 5.74) is 9.31. The third-order valence-electron chi connectivity index (χ3n) is 4.67. The van der Waals surface area contributed by atoms with Crippen LogP contribution in [0.15, 0.2) is 84.9 Å². The fraction of sp³-hybridized carbons (Fsp3) is 0.130. The average molecular weight is 374 g/mol. The smallest absolute Gasteiger partial charge is 0.319 e. The first-order chi connectivity index (χ1) is 13.5. The van der Waals surface area contributed by atoms with Gasteiger partial charge < -0.3 is 11.1 Å². The van der Waals surface area contributed by atoms with Gasteiger partial charge in [0.2, 0.25) is 0 Å². The Morgan fingerprint density at radius 3 is 1.82 bits per heavy atom. The van der Waals surface area contributed by atoms with Crippen molar-refractivity contribution in [2.24, 2.45) is 5.73 Å². The van der Waals surface area contributed by atoms with Crippen molar-refractivity contribution in [1.29, 1.82) is 0 Å². The Labute approximate surface area is 164 Å². The van der Waals surface area contributed by atoms with Gasteiger partial charge in [0.15, 0.2) is 6.04 Å². The van der Waals surface area contributed by atoms with E-state index >= 15 is 0 Å². The van der Waals surface area contributed by atoms with Gasteiger partial charge in [-0.05, 0) is 6.92 Å². The first-order valence-corrected chi connectivity index (χ1v) is 9.16. The summed E-state index contributed by atoms with van der Waals surface area (Å²) >= 11 is 0. The number of aryl methyl sites for hydroxylation is 1. The molecule has 0 unspecified atom stereocenters. The molecule has 0 saturated carbocycles. The molecule has 0 aliphatic heterocycles. The molecular weight excluding hydrogens is 350 g/mol. The molecule has 3 aromatic carbocycles. The maximum atomic E-state index is 12.8. The molecule has 142 valence electrons. The lowest BCUT2D eigenvalue weighted by atomic mass is 9.95. The van der Waals surface area contributed by atoms with E-state index in [9.17, 15) is 9.59 Å². The van der Waals surface area contributed by atoms with Crippen molar-refractivity contribution in [3.8, 4) is 0 Å². The Morgan fingerprint density at radius 2 is 1.29 bits per heavy atom. The van der Waals surface area contributed by atoms with E-state index in [2.05, 4.69) is 29.6 Å². The third-order valence-corrected chi connectivity index (χ3v) is 4.67. The standard InChI is InChI=1S/C23H23N3O2/c1-16-12-14-19(15-13-16)20(17-8-4-2-5-9-17)25-21(22(27)26-23(24)28)18-10-6-3-7-11-18/h2-15,20-21,25H,1H3,(H3,24,26,27,28)/p+1/t20-,21-/m1/s1. The maximum Gasteiger partial charge on any atom is 0.319 e. The topological polar surface area (TPSA) is 88.8 Å². The quantitative estimate of drug-likeness (QED) is 0.619. The highest BCUT2D eigenvalue weighted by atomic mass is 16.2. The summed E-state index contributed by atoms with van der Waals surface area (Å²) in [5, 5.41) is 4.19. The molecule has 5 nitrogen and oxygen atoms in total. The molecule has 0 radical (unpaired) electrons. The Balaban J connectivity index is 2.00. The highest BCUT2D eigenvalue weighted by Crippen LogP contribution is 2.21. The van der Waals surface area contributed by atoms with E-state index < -0.39 is 18.0 Å². The number of hydrogen-bond acceptors (Lipinski definition) is 2. The highest BCUT2D eigenvalue weighted by molar-refractivity contribution is 5.96. The van der Waals surface area contributed by atoms with Crippen molar-refractivity contribution in [2.45, 2.75) is 19.0 Å². The van der Waals surface area contributed by atoms with Crippen LogP contribution in [0, 0.1) is 6.92 Å². The molecule has 3 aromatic rings. The minimum atomic E-state index is -0.856. The molecular formula is C23H24N3O2+. The van der Waals surface area contributed by atoms with Crippen molar-refractivity contribution in [3.63, 3.8) is 0 Å². The van der Waals surface area contributed by atoms with Crippen LogP contribution in [0.3, 0.4) is 0 Å². The molecule has 3 rings (SSSR count). The van der Waals surface area contributed by atoms with Crippen LogP contribution in [0.1, 0.15) is 34.3 Å². The van der Waals surface area contributed by atoms with Crippen LogP contribution in [0.2, 0.25) is 0 Å². The lowest BCUT2D eigenvalue weighted by molar-refractivity contribution is -0.713. The number of urea groups is 1. The number of quaternary nitrogens is 1. The van der Waals surface area contributed by atoms with E-state index in [1.165, 1.54) is 5.56 Å². The van der Waals surface area contributed by atoms with E-state index in [-0.39, 0.29) is 6.04 Å². The van der Waals surface area contributed by atoms with E-state index in [1.54, 1.807) is 0 Å². The number of nitrogens with two attached hydrogens (primary N) is 2. The molecule has 0 aliphatic carbocycles. The molecule has 0 saturated heterocycles. The first-order valence-electron chi connectivity index (χ1n) is 9.16. The fourth-order valence-electron chi connectivity index (χ4n) is 3.25. The molecule has 3 amide bonds. The van der Waals surface area contributed by atoms with Gasteiger partial charge in [0.05, 0.1) is 0 Å². The zero-order chi connectivity index (χ0) is 19.9. The van der Waals surface area contributed by atoms with Gasteiger partial charge in [0.1, 0.15) is 6.04 Å². The summed E-state index contributed by atoms with van der Waals surface area (Å²) in [6.45, 7) is 2.04. The van der Waals surface area contributed by atoms with Gasteiger partial charge in [0, 0.05) is 16.7 Å². The van der Waals surface area contributed by atoms with Crippen LogP contribution in [-0.2, 0) is 4.79 Å². The molecule has 5 N–H and O–H groups in total. The third kappa shape index (κ3) is 4.84. The van der Waals surface area contributed by atoms with Crippen LogP contribution in [-0.4, -0.2) is 11.9 Å². The van der Waals surface area contributed by atoms with Crippen molar-refractivity contribution in [1.82, 2.24) is 5.32 Å². The van der Waals surface area contributed by atoms with Gasteiger partial charge in [-0.25, -0.2) is 4.79 Å². The number of primary amides is 1. The predicted molar refractivity (Wildman–Crippen MR) is 108 cm³/mol. The number of nitrogens with one attached hydrogen (secondary N) is 1. The largest absolute Gasteiger partial charge is 0.351 e. The number of carbonyl (C=O) groups excluding carboxylic acids is 2. The van der Waals surface area contributed by atoms with Crippen molar-refractivity contribution < 1.29 is 14.9 Å². The van der Waals surface area contributed by atoms with Crippen molar-refractivity contribution in [2.75, 3.05) is 0 Å². The van der Waals surface area contributed by atoms with Gasteiger partial charge >= 0.3 is 6.03 Å². The minimum absolute atomic E-state index is 0.120. The van der Waals surface area contributed by atoms with Crippen LogP contribution in [0.25, 0.3) is 0 Å². The van der Waals surface area contributed by atoms with E-state index in [0.717, 1.165) is 16.7 Å². The Bertz CT molecular complexity index is 925. The number of rotatable bonds is 6. The summed E-state index contributed by atoms with van der Waals surface area (Å²) in [4.78, 5) is 24.0. The molecule has 0 fully saturated rings. The highest BCUT2D eigenvalue weighted by Gasteiger charge is 2.30. The Morgan fingerprint density at radius 1 is 0.786 bits per heavy atom. The second-order valence-electron chi connectivity index (χ2n) is 6.73. The SMILES string of the molecule is Cc1ccc([C@H]([NH2+][C@@H](C(=O)NC(N)=O)c2ccccc2)c2ccccc2)cc1. The number of benzene rings is 3. The fourth-order valence-corrected chi connectivity index (χ4v) is 3.25. The van der Waals surface area contributed by atoms with Crippen LogP contribution in [0.5, 0.6) is 0 Å². The van der Waals surface area contributed by atoms with Gasteiger partial charge in [0.25, 0.3) is 5.91 Å². The number of imide groups is 1. The van der Waals surface area contributed by atoms with Gasteiger partial charge in [-0.3, -0.25) is 10.1 Å². The Kier molecular flexibility index (Phi) is 6.19. The van der Waals surface area contributed by atoms with Crippen molar-refractivity contribution in [3.05, 3.63) is 107 Å². The molecule has 0 aliphatic rings. The van der Waals surface area contributed by atoms with E-state index in [1.807, 2.05) is 72.9 Å². The molecule has 0 spiro atoms. The summed E-state index contributed by atoms with van der Waals surface area (Å²) < 4.78 is 0. The molecule has 2 atom stereocenters. The van der Waals surface area contributed by atoms with Gasteiger partial charge in [-0.2, -0.15) is 0 Å². The molecule has 5 heteroatoms. The first kappa shape index (κ1) is 19.3. The Hall–Kier alpha value is -3.44. The van der Waals surface area contributed by atoms with Crippen LogP contribution < -0.4 is 16.4 Å². The monoisotopic (exact) mass is 374 g/mol. The van der Waals surface area contributed by atoms with Crippen LogP contribution in [0.4, 0.5) is 4.79 Å². The maximum absolute atomic E-state index is 12.8. The minimum Gasteiger partial charge on any atom is -0.351 e. The average Bonchev–Trinajstić information content (AvgIpc) is 2.70. The van der Waals surface area contributed by atoms with Crippen LogP contribution >= 0.6 is 0 Å². The number of amides is 3. The normalized spacial score (nSPS) is 12.8. The van der Waals surface area contributed by atoms with Crippen molar-refractivity contribution >= 4 is 11.9 Å². The molecule has 0 bridgehead atoms. The van der Waals surface area contributed by atoms with E-state index in [4.69, 9.17) is 5.73 Å². The summed E-state index contributed by atoms with van der Waals surface area (Å²) in [6.07, 6.45) is 0.